The Morgan fingerprint density at radius 1 is 0.966 bits per heavy atom. The summed E-state index contributed by atoms with van der Waals surface area (Å²) in [6.07, 6.45) is 1.63. The van der Waals surface area contributed by atoms with Crippen LogP contribution in [0.3, 0.4) is 0 Å². The Hall–Kier alpha value is -3.05. The van der Waals surface area contributed by atoms with Crippen LogP contribution in [0.2, 0.25) is 0 Å². The van der Waals surface area contributed by atoms with Crippen molar-refractivity contribution in [3.8, 4) is 5.75 Å². The number of rotatable bonds is 9. The zero-order chi connectivity index (χ0) is 20.3. The molecular formula is C24H24N2O2S. The topological polar surface area (TPSA) is 50.7 Å². The third-order valence-corrected chi connectivity index (χ3v) is 5.16. The molecule has 0 aliphatic rings. The lowest BCUT2D eigenvalue weighted by Gasteiger charge is -2.07. The lowest BCUT2D eigenvalue weighted by molar-refractivity contribution is -0.118. The number of nitrogens with one attached hydrogen (secondary N) is 1. The summed E-state index contributed by atoms with van der Waals surface area (Å²) in [5.41, 5.74) is 7.03. The fraction of sp³-hybridized carbons (Fsp3) is 0.167. The van der Waals surface area contributed by atoms with Crippen LogP contribution in [0.25, 0.3) is 0 Å². The second-order valence-electron chi connectivity index (χ2n) is 6.61. The number of hydrogen-bond acceptors (Lipinski definition) is 4. The van der Waals surface area contributed by atoms with Crippen LogP contribution in [0.15, 0.2) is 84.0 Å². The first kappa shape index (κ1) is 20.7. The minimum absolute atomic E-state index is 0.111. The lowest BCUT2D eigenvalue weighted by Crippen LogP contribution is -2.19. The predicted octanol–water partition coefficient (Wildman–Crippen LogP) is 4.96. The van der Waals surface area contributed by atoms with Gasteiger partial charge in [0.25, 0.3) is 0 Å². The fourth-order valence-electron chi connectivity index (χ4n) is 2.55. The number of carbonyl (C=O) groups excluding carboxylic acids is 1. The van der Waals surface area contributed by atoms with Crippen molar-refractivity contribution in [3.05, 3.63) is 101 Å². The van der Waals surface area contributed by atoms with E-state index in [1.807, 2.05) is 42.5 Å². The zero-order valence-corrected chi connectivity index (χ0v) is 17.2. The van der Waals surface area contributed by atoms with Crippen molar-refractivity contribution in [1.82, 2.24) is 5.43 Å². The van der Waals surface area contributed by atoms with Crippen molar-refractivity contribution in [2.45, 2.75) is 19.3 Å². The lowest BCUT2D eigenvalue weighted by atomic mass is 10.2. The van der Waals surface area contributed by atoms with Crippen LogP contribution in [0, 0.1) is 6.92 Å². The van der Waals surface area contributed by atoms with E-state index in [0.29, 0.717) is 12.4 Å². The molecule has 0 unspecified atom stereocenters. The Balaban J connectivity index is 1.37. The molecule has 3 aromatic rings. The first-order valence-corrected chi connectivity index (χ1v) is 10.6. The van der Waals surface area contributed by atoms with Crippen molar-refractivity contribution in [1.29, 1.82) is 0 Å². The smallest absolute Gasteiger partial charge is 0.250 e. The second-order valence-corrected chi connectivity index (χ2v) is 7.60. The highest BCUT2D eigenvalue weighted by Gasteiger charge is 2.01. The number of benzene rings is 3. The van der Waals surface area contributed by atoms with Gasteiger partial charge < -0.3 is 4.74 Å². The van der Waals surface area contributed by atoms with Gasteiger partial charge in [0, 0.05) is 5.75 Å². The molecule has 3 rings (SSSR count). The van der Waals surface area contributed by atoms with Gasteiger partial charge in [0.2, 0.25) is 5.91 Å². The van der Waals surface area contributed by atoms with Crippen molar-refractivity contribution in [2.24, 2.45) is 5.10 Å². The Bertz CT molecular complexity index is 923. The minimum Gasteiger partial charge on any atom is -0.489 e. The molecule has 5 heteroatoms. The predicted molar refractivity (Wildman–Crippen MR) is 120 cm³/mol. The average Bonchev–Trinajstić information content (AvgIpc) is 2.75. The van der Waals surface area contributed by atoms with E-state index in [4.69, 9.17) is 4.74 Å². The summed E-state index contributed by atoms with van der Waals surface area (Å²) in [5.74, 6) is 1.87. The molecule has 0 aliphatic heterocycles. The average molecular weight is 405 g/mol. The van der Waals surface area contributed by atoms with Crippen molar-refractivity contribution >= 4 is 23.9 Å². The van der Waals surface area contributed by atoms with E-state index in [0.717, 1.165) is 22.6 Å². The highest BCUT2D eigenvalue weighted by atomic mass is 32.2. The number of carbonyl (C=O) groups is 1. The quantitative estimate of drug-likeness (QED) is 0.405. The van der Waals surface area contributed by atoms with E-state index in [1.54, 1.807) is 18.0 Å². The van der Waals surface area contributed by atoms with Gasteiger partial charge in [-0.1, -0.05) is 60.2 Å². The third kappa shape index (κ3) is 7.47. The molecule has 0 radical (unpaired) electrons. The van der Waals surface area contributed by atoms with Gasteiger partial charge in [0.15, 0.2) is 0 Å². The molecule has 29 heavy (non-hydrogen) atoms. The van der Waals surface area contributed by atoms with Gasteiger partial charge in [-0.05, 0) is 47.9 Å². The third-order valence-electron chi connectivity index (χ3n) is 4.15. The Kier molecular flexibility index (Phi) is 7.90. The molecule has 0 atom stereocenters. The molecule has 1 N–H and O–H groups in total. The monoisotopic (exact) mass is 404 g/mol. The molecule has 3 aromatic carbocycles. The van der Waals surface area contributed by atoms with Gasteiger partial charge in [-0.2, -0.15) is 5.10 Å². The molecule has 0 heterocycles. The van der Waals surface area contributed by atoms with Crippen molar-refractivity contribution in [2.75, 3.05) is 5.75 Å². The first-order valence-electron chi connectivity index (χ1n) is 9.41. The maximum Gasteiger partial charge on any atom is 0.250 e. The zero-order valence-electron chi connectivity index (χ0n) is 16.4. The summed E-state index contributed by atoms with van der Waals surface area (Å²) in [6.45, 7) is 2.60. The largest absolute Gasteiger partial charge is 0.489 e. The van der Waals surface area contributed by atoms with Crippen LogP contribution in [0.4, 0.5) is 0 Å². The number of ether oxygens (including phenoxy) is 1. The highest BCUT2D eigenvalue weighted by Crippen LogP contribution is 2.14. The summed E-state index contributed by atoms with van der Waals surface area (Å²) in [6, 6.07) is 26.0. The van der Waals surface area contributed by atoms with Gasteiger partial charge in [0.05, 0.1) is 12.0 Å². The van der Waals surface area contributed by atoms with E-state index in [2.05, 4.69) is 53.8 Å². The summed E-state index contributed by atoms with van der Waals surface area (Å²) < 4.78 is 5.79. The molecule has 1 amide bonds. The SMILES string of the molecule is Cc1ccc(COc2ccc(/C=N\NC(=O)CSCc3ccccc3)cc2)cc1. The van der Waals surface area contributed by atoms with Gasteiger partial charge in [-0.25, -0.2) is 5.43 Å². The number of amides is 1. The molecule has 0 aromatic heterocycles. The molecule has 0 saturated carbocycles. The van der Waals surface area contributed by atoms with Gasteiger partial charge >= 0.3 is 0 Å². The highest BCUT2D eigenvalue weighted by molar-refractivity contribution is 7.99. The van der Waals surface area contributed by atoms with E-state index in [-0.39, 0.29) is 5.91 Å². The van der Waals surface area contributed by atoms with E-state index >= 15 is 0 Å². The van der Waals surface area contributed by atoms with Gasteiger partial charge in [-0.3, -0.25) is 4.79 Å². The number of thioether (sulfide) groups is 1. The van der Waals surface area contributed by atoms with Crippen molar-refractivity contribution < 1.29 is 9.53 Å². The van der Waals surface area contributed by atoms with Crippen LogP contribution in [0.5, 0.6) is 5.75 Å². The second kappa shape index (κ2) is 11.1. The Morgan fingerprint density at radius 2 is 1.69 bits per heavy atom. The Morgan fingerprint density at radius 3 is 2.41 bits per heavy atom. The summed E-state index contributed by atoms with van der Waals surface area (Å²) >= 11 is 1.56. The molecule has 4 nitrogen and oxygen atoms in total. The van der Waals surface area contributed by atoms with Gasteiger partial charge in [-0.15, -0.1) is 11.8 Å². The van der Waals surface area contributed by atoms with E-state index < -0.39 is 0 Å². The molecule has 0 fully saturated rings. The number of hydrogen-bond donors (Lipinski definition) is 1. The number of nitrogens with zero attached hydrogens (tertiary/aromatic N) is 1. The molecule has 0 aliphatic carbocycles. The normalized spacial score (nSPS) is 10.8. The standard InChI is InChI=1S/C24H24N2O2S/c1-19-7-9-21(10-8-19)16-28-23-13-11-20(12-14-23)15-25-26-24(27)18-29-17-22-5-3-2-4-6-22/h2-15H,16-18H2,1H3,(H,26,27)/b25-15-. The van der Waals surface area contributed by atoms with Crippen LogP contribution in [-0.4, -0.2) is 17.9 Å². The first-order chi connectivity index (χ1) is 14.2. The summed E-state index contributed by atoms with van der Waals surface area (Å²) in [4.78, 5) is 11.9. The fourth-order valence-corrected chi connectivity index (χ4v) is 3.33. The number of hydrazone groups is 1. The van der Waals surface area contributed by atoms with E-state index in [9.17, 15) is 4.79 Å². The minimum atomic E-state index is -0.111. The van der Waals surface area contributed by atoms with Gasteiger partial charge in [0.1, 0.15) is 12.4 Å². The van der Waals surface area contributed by atoms with Crippen LogP contribution < -0.4 is 10.2 Å². The van der Waals surface area contributed by atoms with Crippen molar-refractivity contribution in [3.63, 3.8) is 0 Å². The number of aryl methyl sites for hydroxylation is 1. The molecule has 0 bridgehead atoms. The molecule has 0 saturated heterocycles. The maximum absolute atomic E-state index is 11.9. The summed E-state index contributed by atoms with van der Waals surface area (Å²) in [5, 5.41) is 4.02. The van der Waals surface area contributed by atoms with Crippen LogP contribution in [-0.2, 0) is 17.2 Å². The molecular weight excluding hydrogens is 380 g/mol. The van der Waals surface area contributed by atoms with Crippen LogP contribution in [0.1, 0.15) is 22.3 Å². The van der Waals surface area contributed by atoms with E-state index in [1.165, 1.54) is 11.1 Å². The molecule has 0 spiro atoms. The van der Waals surface area contributed by atoms with Crippen LogP contribution >= 0.6 is 11.8 Å². The maximum atomic E-state index is 11.9. The molecule has 148 valence electrons. The summed E-state index contributed by atoms with van der Waals surface area (Å²) in [7, 11) is 0. The Labute approximate surface area is 176 Å².